The molecule has 2 aliphatic rings. The number of pyridine rings is 1. The maximum Gasteiger partial charge on any atom is 0.255 e. The van der Waals surface area contributed by atoms with Gasteiger partial charge in [0, 0.05) is 42.3 Å². The molecular formula is C18H22ClN3OS. The van der Waals surface area contributed by atoms with Crippen LogP contribution in [0.15, 0.2) is 29.9 Å². The number of carbonyl (C=O) groups excluding carboxylic acids is 1. The summed E-state index contributed by atoms with van der Waals surface area (Å²) in [5, 5.41) is 5.49. The van der Waals surface area contributed by atoms with Crippen molar-refractivity contribution in [3.8, 4) is 0 Å². The summed E-state index contributed by atoms with van der Waals surface area (Å²) in [6, 6.07) is 4.08. The highest BCUT2D eigenvalue weighted by molar-refractivity contribution is 7.10. The fourth-order valence-electron chi connectivity index (χ4n) is 3.65. The van der Waals surface area contributed by atoms with E-state index in [9.17, 15) is 4.79 Å². The van der Waals surface area contributed by atoms with Gasteiger partial charge in [0.15, 0.2) is 0 Å². The number of carbonyl (C=O) groups is 1. The lowest BCUT2D eigenvalue weighted by Gasteiger charge is -2.36. The van der Waals surface area contributed by atoms with Gasteiger partial charge in [0.05, 0.1) is 11.6 Å². The first-order valence-electron chi connectivity index (χ1n) is 8.35. The summed E-state index contributed by atoms with van der Waals surface area (Å²) >= 11 is 1.77. The molecule has 1 amide bonds. The van der Waals surface area contributed by atoms with Crippen LogP contribution in [0.4, 0.5) is 0 Å². The maximum atomic E-state index is 13.2. The molecule has 1 N–H and O–H groups in total. The summed E-state index contributed by atoms with van der Waals surface area (Å²) in [4.78, 5) is 20.9. The number of amides is 1. The molecule has 6 heteroatoms. The summed E-state index contributed by atoms with van der Waals surface area (Å²) in [7, 11) is 0. The second-order valence-corrected chi connectivity index (χ2v) is 7.23. The van der Waals surface area contributed by atoms with Crippen LogP contribution in [0.5, 0.6) is 0 Å². The number of fused-ring (bicyclic) bond motifs is 1. The lowest BCUT2D eigenvalue weighted by Crippen LogP contribution is -2.48. The molecule has 0 saturated carbocycles. The van der Waals surface area contributed by atoms with Gasteiger partial charge in [-0.25, -0.2) is 0 Å². The van der Waals surface area contributed by atoms with Crippen molar-refractivity contribution in [3.63, 3.8) is 0 Å². The fraction of sp³-hybridized carbons (Fsp3) is 0.444. The molecule has 1 unspecified atom stereocenters. The van der Waals surface area contributed by atoms with Crippen LogP contribution in [0.1, 0.15) is 45.2 Å². The van der Waals surface area contributed by atoms with Crippen LogP contribution in [0, 0.1) is 0 Å². The third kappa shape index (κ3) is 3.21. The zero-order valence-electron chi connectivity index (χ0n) is 13.5. The van der Waals surface area contributed by atoms with Crippen LogP contribution in [-0.2, 0) is 12.8 Å². The first-order valence-corrected chi connectivity index (χ1v) is 9.23. The van der Waals surface area contributed by atoms with Gasteiger partial charge in [-0.1, -0.05) is 6.07 Å². The van der Waals surface area contributed by atoms with Crippen molar-refractivity contribution >= 4 is 29.7 Å². The SMILES string of the molecule is Cl.O=C(c1csc2c1CCCC2)N1CCNCC1c1cccnc1. The van der Waals surface area contributed by atoms with Gasteiger partial charge in [-0.3, -0.25) is 9.78 Å². The molecule has 4 nitrogen and oxygen atoms in total. The number of hydrogen-bond acceptors (Lipinski definition) is 4. The van der Waals surface area contributed by atoms with Crippen LogP contribution < -0.4 is 5.32 Å². The normalized spacial score (nSPS) is 20.2. The minimum Gasteiger partial charge on any atom is -0.329 e. The minimum atomic E-state index is 0. The molecule has 4 rings (SSSR count). The Kier molecular flexibility index (Phi) is 5.54. The van der Waals surface area contributed by atoms with Gasteiger partial charge in [-0.2, -0.15) is 0 Å². The molecule has 2 aromatic heterocycles. The third-order valence-corrected chi connectivity index (χ3v) is 5.95. The monoisotopic (exact) mass is 363 g/mol. The van der Waals surface area contributed by atoms with Gasteiger partial charge in [-0.15, -0.1) is 23.7 Å². The van der Waals surface area contributed by atoms with Crippen molar-refractivity contribution in [1.29, 1.82) is 0 Å². The quantitative estimate of drug-likeness (QED) is 0.891. The largest absolute Gasteiger partial charge is 0.329 e. The average Bonchev–Trinajstić information content (AvgIpc) is 3.06. The molecule has 24 heavy (non-hydrogen) atoms. The summed E-state index contributed by atoms with van der Waals surface area (Å²) in [5.74, 6) is 0.194. The second kappa shape index (κ2) is 7.64. The van der Waals surface area contributed by atoms with Crippen molar-refractivity contribution in [2.24, 2.45) is 0 Å². The van der Waals surface area contributed by atoms with E-state index >= 15 is 0 Å². The van der Waals surface area contributed by atoms with E-state index in [0.29, 0.717) is 0 Å². The third-order valence-electron chi connectivity index (χ3n) is 4.87. The Morgan fingerprint density at radius 1 is 1.33 bits per heavy atom. The molecule has 0 spiro atoms. The Labute approximate surface area is 152 Å². The molecule has 0 radical (unpaired) electrons. The molecule has 3 heterocycles. The van der Waals surface area contributed by atoms with Crippen LogP contribution in [-0.4, -0.2) is 35.4 Å². The van der Waals surface area contributed by atoms with Gasteiger partial charge in [0.25, 0.3) is 5.91 Å². The lowest BCUT2D eigenvalue weighted by molar-refractivity contribution is 0.0633. The highest BCUT2D eigenvalue weighted by Gasteiger charge is 2.31. The van der Waals surface area contributed by atoms with Gasteiger partial charge in [0.2, 0.25) is 0 Å². The minimum absolute atomic E-state index is 0. The Morgan fingerprint density at radius 3 is 3.04 bits per heavy atom. The van der Waals surface area contributed by atoms with E-state index in [1.165, 1.54) is 23.3 Å². The van der Waals surface area contributed by atoms with E-state index in [0.717, 1.165) is 43.6 Å². The number of halogens is 1. The molecule has 1 aliphatic carbocycles. The maximum absolute atomic E-state index is 13.2. The smallest absolute Gasteiger partial charge is 0.255 e. The standard InChI is InChI=1S/C18H21N3OS.ClH/c22-18(15-12-23-17-6-2-1-5-14(15)17)21-9-8-20-11-16(21)13-4-3-7-19-10-13;/h3-4,7,10,12,16,20H,1-2,5-6,8-9,11H2;1H. The average molecular weight is 364 g/mol. The van der Waals surface area contributed by atoms with E-state index in [4.69, 9.17) is 0 Å². The second-order valence-electron chi connectivity index (χ2n) is 6.26. The summed E-state index contributed by atoms with van der Waals surface area (Å²) in [5.41, 5.74) is 3.37. The number of piperazine rings is 1. The molecule has 1 saturated heterocycles. The number of aromatic nitrogens is 1. The van der Waals surface area contributed by atoms with Crippen molar-refractivity contribution in [2.45, 2.75) is 31.7 Å². The highest BCUT2D eigenvalue weighted by atomic mass is 35.5. The number of aryl methyl sites for hydroxylation is 1. The van der Waals surface area contributed by atoms with Gasteiger partial charge < -0.3 is 10.2 Å². The Bertz CT molecular complexity index is 704. The summed E-state index contributed by atoms with van der Waals surface area (Å²) in [6.45, 7) is 2.40. The number of rotatable bonds is 2. The van der Waals surface area contributed by atoms with Crippen molar-refractivity contribution < 1.29 is 4.79 Å². The predicted molar refractivity (Wildman–Crippen MR) is 99.1 cm³/mol. The Morgan fingerprint density at radius 2 is 2.21 bits per heavy atom. The number of nitrogens with one attached hydrogen (secondary N) is 1. The number of thiophene rings is 1. The van der Waals surface area contributed by atoms with Crippen LogP contribution >= 0.6 is 23.7 Å². The fourth-order valence-corrected chi connectivity index (χ4v) is 4.77. The molecule has 1 atom stereocenters. The highest BCUT2D eigenvalue weighted by Crippen LogP contribution is 2.33. The van der Waals surface area contributed by atoms with Gasteiger partial charge in [-0.05, 0) is 42.9 Å². The number of nitrogens with zero attached hydrogens (tertiary/aromatic N) is 2. The van der Waals surface area contributed by atoms with Gasteiger partial charge in [0.1, 0.15) is 0 Å². The zero-order valence-corrected chi connectivity index (χ0v) is 15.2. The molecule has 1 fully saturated rings. The summed E-state index contributed by atoms with van der Waals surface area (Å²) < 4.78 is 0. The predicted octanol–water partition coefficient (Wildman–Crippen LogP) is 3.23. The van der Waals surface area contributed by atoms with E-state index in [2.05, 4.69) is 21.7 Å². The Balaban J connectivity index is 0.00000169. The summed E-state index contributed by atoms with van der Waals surface area (Å²) in [6.07, 6.45) is 8.32. The van der Waals surface area contributed by atoms with Crippen LogP contribution in [0.2, 0.25) is 0 Å². The first kappa shape index (κ1) is 17.4. The molecule has 0 aromatic carbocycles. The molecule has 2 aromatic rings. The topological polar surface area (TPSA) is 45.2 Å². The first-order chi connectivity index (χ1) is 11.3. The van der Waals surface area contributed by atoms with E-state index in [1.54, 1.807) is 17.5 Å². The molecule has 1 aliphatic heterocycles. The molecule has 128 valence electrons. The van der Waals surface area contributed by atoms with Crippen molar-refractivity contribution in [2.75, 3.05) is 19.6 Å². The van der Waals surface area contributed by atoms with Crippen molar-refractivity contribution in [3.05, 3.63) is 51.5 Å². The van der Waals surface area contributed by atoms with Gasteiger partial charge >= 0.3 is 0 Å². The molecular weight excluding hydrogens is 342 g/mol. The van der Waals surface area contributed by atoms with Crippen molar-refractivity contribution in [1.82, 2.24) is 15.2 Å². The van der Waals surface area contributed by atoms with E-state index < -0.39 is 0 Å². The zero-order chi connectivity index (χ0) is 15.6. The number of hydrogen-bond donors (Lipinski definition) is 1. The molecule has 0 bridgehead atoms. The van der Waals surface area contributed by atoms with Crippen LogP contribution in [0.3, 0.4) is 0 Å². The van der Waals surface area contributed by atoms with E-state index in [1.807, 2.05) is 17.2 Å². The van der Waals surface area contributed by atoms with Crippen LogP contribution in [0.25, 0.3) is 0 Å². The Hall–Kier alpha value is -1.43. The lowest BCUT2D eigenvalue weighted by atomic mass is 9.94. The van der Waals surface area contributed by atoms with E-state index in [-0.39, 0.29) is 24.4 Å².